The fourth-order valence-electron chi connectivity index (χ4n) is 1.48. The first-order chi connectivity index (χ1) is 7.24. The molecule has 4 heteroatoms. The van der Waals surface area contributed by atoms with Gasteiger partial charge in [0.05, 0.1) is 5.01 Å². The Hall–Kier alpha value is -1.13. The zero-order chi connectivity index (χ0) is 10.7. The topological polar surface area (TPSA) is 29.9 Å². The number of rotatable bonds is 4. The SMILES string of the molecule is Cc1ncc(CNCc2ccn(C)c2)s1. The third kappa shape index (κ3) is 2.91. The summed E-state index contributed by atoms with van der Waals surface area (Å²) in [7, 11) is 2.04. The Kier molecular flexibility index (Phi) is 3.18. The summed E-state index contributed by atoms with van der Waals surface area (Å²) in [5.74, 6) is 0. The Morgan fingerprint density at radius 2 is 2.33 bits per heavy atom. The summed E-state index contributed by atoms with van der Waals surface area (Å²) in [6, 6.07) is 2.13. The molecule has 0 aliphatic heterocycles. The summed E-state index contributed by atoms with van der Waals surface area (Å²) in [6.07, 6.45) is 6.14. The van der Waals surface area contributed by atoms with Crippen molar-refractivity contribution in [1.29, 1.82) is 0 Å². The molecule has 2 heterocycles. The van der Waals surface area contributed by atoms with Crippen molar-refractivity contribution in [2.45, 2.75) is 20.0 Å². The molecule has 0 aromatic carbocycles. The maximum atomic E-state index is 4.22. The molecule has 0 aliphatic carbocycles. The normalized spacial score (nSPS) is 10.8. The number of aryl methyl sites for hydroxylation is 2. The molecule has 3 nitrogen and oxygen atoms in total. The lowest BCUT2D eigenvalue weighted by molar-refractivity contribution is 0.698. The van der Waals surface area contributed by atoms with Gasteiger partial charge >= 0.3 is 0 Å². The van der Waals surface area contributed by atoms with Crippen LogP contribution >= 0.6 is 11.3 Å². The van der Waals surface area contributed by atoms with Gasteiger partial charge in [0, 0.05) is 43.6 Å². The van der Waals surface area contributed by atoms with Crippen LogP contribution in [0, 0.1) is 6.92 Å². The molecular formula is C11H15N3S. The first-order valence-electron chi connectivity index (χ1n) is 4.97. The van der Waals surface area contributed by atoms with E-state index in [-0.39, 0.29) is 0 Å². The first-order valence-corrected chi connectivity index (χ1v) is 5.78. The summed E-state index contributed by atoms with van der Waals surface area (Å²) in [5.41, 5.74) is 1.32. The fraction of sp³-hybridized carbons (Fsp3) is 0.364. The van der Waals surface area contributed by atoms with Gasteiger partial charge in [0.1, 0.15) is 0 Å². The lowest BCUT2D eigenvalue weighted by Gasteiger charge is -1.99. The van der Waals surface area contributed by atoms with Crippen LogP contribution in [0.5, 0.6) is 0 Å². The molecule has 0 radical (unpaired) electrons. The lowest BCUT2D eigenvalue weighted by Crippen LogP contribution is -2.11. The molecule has 1 N–H and O–H groups in total. The van der Waals surface area contributed by atoms with Gasteiger partial charge in [-0.25, -0.2) is 4.98 Å². The van der Waals surface area contributed by atoms with Crippen LogP contribution < -0.4 is 5.32 Å². The molecule has 15 heavy (non-hydrogen) atoms. The van der Waals surface area contributed by atoms with Crippen molar-refractivity contribution in [3.05, 3.63) is 40.1 Å². The van der Waals surface area contributed by atoms with Crippen molar-refractivity contribution < 1.29 is 0 Å². The summed E-state index contributed by atoms with van der Waals surface area (Å²) >= 11 is 1.75. The van der Waals surface area contributed by atoms with Crippen LogP contribution in [0.25, 0.3) is 0 Å². The number of thiazole rings is 1. The Morgan fingerprint density at radius 3 is 2.93 bits per heavy atom. The van der Waals surface area contributed by atoms with Gasteiger partial charge in [-0.1, -0.05) is 0 Å². The minimum absolute atomic E-state index is 0.903. The molecule has 0 aliphatic rings. The number of aromatic nitrogens is 2. The van der Waals surface area contributed by atoms with Crippen molar-refractivity contribution in [2.75, 3.05) is 0 Å². The summed E-state index contributed by atoms with van der Waals surface area (Å²) in [4.78, 5) is 5.52. The van der Waals surface area contributed by atoms with Gasteiger partial charge in [-0.15, -0.1) is 11.3 Å². The molecule has 2 aromatic rings. The zero-order valence-electron chi connectivity index (χ0n) is 9.03. The average molecular weight is 221 g/mol. The van der Waals surface area contributed by atoms with E-state index in [0.29, 0.717) is 0 Å². The standard InChI is InChI=1S/C11H15N3S/c1-9-13-7-11(15-9)6-12-5-10-3-4-14(2)8-10/h3-4,7-8,12H,5-6H2,1-2H3. The molecule has 0 amide bonds. The van der Waals surface area contributed by atoms with Crippen molar-refractivity contribution in [3.63, 3.8) is 0 Å². The van der Waals surface area contributed by atoms with Crippen LogP contribution in [0.2, 0.25) is 0 Å². The first kappa shape index (κ1) is 10.4. The summed E-state index contributed by atoms with van der Waals surface area (Å²) in [6.45, 7) is 3.85. The van der Waals surface area contributed by atoms with E-state index in [1.807, 2.05) is 20.2 Å². The van der Waals surface area contributed by atoms with E-state index in [1.165, 1.54) is 10.4 Å². The van der Waals surface area contributed by atoms with Crippen molar-refractivity contribution in [2.24, 2.45) is 7.05 Å². The lowest BCUT2D eigenvalue weighted by atomic mass is 10.3. The maximum absolute atomic E-state index is 4.22. The number of hydrogen-bond donors (Lipinski definition) is 1. The van der Waals surface area contributed by atoms with E-state index < -0.39 is 0 Å². The predicted octanol–water partition coefficient (Wildman–Crippen LogP) is 2.08. The fourth-order valence-corrected chi connectivity index (χ4v) is 2.25. The van der Waals surface area contributed by atoms with E-state index in [0.717, 1.165) is 18.1 Å². The highest BCUT2D eigenvalue weighted by molar-refractivity contribution is 7.11. The van der Waals surface area contributed by atoms with Crippen molar-refractivity contribution in [3.8, 4) is 0 Å². The summed E-state index contributed by atoms with van der Waals surface area (Å²) < 4.78 is 2.06. The van der Waals surface area contributed by atoms with Crippen LogP contribution in [0.15, 0.2) is 24.7 Å². The minimum Gasteiger partial charge on any atom is -0.357 e. The number of nitrogens with zero attached hydrogens (tertiary/aromatic N) is 2. The quantitative estimate of drug-likeness (QED) is 0.856. The van der Waals surface area contributed by atoms with E-state index >= 15 is 0 Å². The van der Waals surface area contributed by atoms with Crippen molar-refractivity contribution in [1.82, 2.24) is 14.9 Å². The molecule has 2 aromatic heterocycles. The van der Waals surface area contributed by atoms with Gasteiger partial charge in [0.2, 0.25) is 0 Å². The molecule has 0 fully saturated rings. The molecule has 80 valence electrons. The van der Waals surface area contributed by atoms with Gasteiger partial charge in [0.25, 0.3) is 0 Å². The van der Waals surface area contributed by atoms with Crippen LogP contribution in [-0.4, -0.2) is 9.55 Å². The third-order valence-corrected chi connectivity index (χ3v) is 3.10. The van der Waals surface area contributed by atoms with Crippen LogP contribution in [0.3, 0.4) is 0 Å². The Labute approximate surface area is 93.8 Å². The predicted molar refractivity (Wildman–Crippen MR) is 62.8 cm³/mol. The Morgan fingerprint density at radius 1 is 1.47 bits per heavy atom. The van der Waals surface area contributed by atoms with E-state index in [9.17, 15) is 0 Å². The number of hydrogen-bond acceptors (Lipinski definition) is 3. The van der Waals surface area contributed by atoms with Gasteiger partial charge in [-0.2, -0.15) is 0 Å². The van der Waals surface area contributed by atoms with Crippen LogP contribution in [-0.2, 0) is 20.1 Å². The second-order valence-corrected chi connectivity index (χ2v) is 4.95. The van der Waals surface area contributed by atoms with Crippen molar-refractivity contribution >= 4 is 11.3 Å². The second kappa shape index (κ2) is 4.59. The van der Waals surface area contributed by atoms with Gasteiger partial charge < -0.3 is 9.88 Å². The largest absolute Gasteiger partial charge is 0.357 e. The average Bonchev–Trinajstić information content (AvgIpc) is 2.76. The smallest absolute Gasteiger partial charge is 0.0897 e. The third-order valence-electron chi connectivity index (χ3n) is 2.19. The molecular weight excluding hydrogens is 206 g/mol. The van der Waals surface area contributed by atoms with E-state index in [1.54, 1.807) is 11.3 Å². The van der Waals surface area contributed by atoms with E-state index in [4.69, 9.17) is 0 Å². The number of nitrogens with one attached hydrogen (secondary N) is 1. The minimum atomic E-state index is 0.903. The highest BCUT2D eigenvalue weighted by Crippen LogP contribution is 2.11. The van der Waals surface area contributed by atoms with E-state index in [2.05, 4.69) is 33.3 Å². The highest BCUT2D eigenvalue weighted by atomic mass is 32.1. The van der Waals surface area contributed by atoms with Gasteiger partial charge in [-0.05, 0) is 18.6 Å². The maximum Gasteiger partial charge on any atom is 0.0897 e. The molecule has 0 unspecified atom stereocenters. The summed E-state index contributed by atoms with van der Waals surface area (Å²) in [5, 5.41) is 4.53. The molecule has 2 rings (SSSR count). The van der Waals surface area contributed by atoms with Crippen LogP contribution in [0.1, 0.15) is 15.4 Å². The molecule has 0 saturated carbocycles. The Bertz CT molecular complexity index is 390. The molecule has 0 atom stereocenters. The van der Waals surface area contributed by atoms with Gasteiger partial charge in [0.15, 0.2) is 0 Å². The molecule has 0 spiro atoms. The second-order valence-electron chi connectivity index (χ2n) is 3.63. The molecule has 0 saturated heterocycles. The Balaban J connectivity index is 1.80. The highest BCUT2D eigenvalue weighted by Gasteiger charge is 1.98. The zero-order valence-corrected chi connectivity index (χ0v) is 9.84. The van der Waals surface area contributed by atoms with Gasteiger partial charge in [-0.3, -0.25) is 0 Å². The molecule has 0 bridgehead atoms. The van der Waals surface area contributed by atoms with Crippen LogP contribution in [0.4, 0.5) is 0 Å². The monoisotopic (exact) mass is 221 g/mol.